The van der Waals surface area contributed by atoms with Gasteiger partial charge in [-0.2, -0.15) is 4.98 Å². The van der Waals surface area contributed by atoms with E-state index in [0.717, 1.165) is 24.5 Å². The van der Waals surface area contributed by atoms with Crippen molar-refractivity contribution in [3.05, 3.63) is 47.9 Å². The van der Waals surface area contributed by atoms with Crippen molar-refractivity contribution in [2.24, 2.45) is 0 Å². The minimum atomic E-state index is -0.228. The van der Waals surface area contributed by atoms with Crippen molar-refractivity contribution in [3.63, 3.8) is 0 Å². The van der Waals surface area contributed by atoms with Gasteiger partial charge in [-0.25, -0.2) is 9.37 Å². The highest BCUT2D eigenvalue weighted by atomic mass is 19.1. The number of nitrogens with one attached hydrogen (secondary N) is 2. The zero-order valence-corrected chi connectivity index (χ0v) is 11.9. The molecule has 1 saturated heterocycles. The molecule has 2 N–H and O–H groups in total. The Hall–Kier alpha value is -2.21. The van der Waals surface area contributed by atoms with Crippen LogP contribution in [0.1, 0.15) is 5.56 Å². The molecular formula is C15H18FN5. The van der Waals surface area contributed by atoms with E-state index in [1.54, 1.807) is 18.3 Å². The Morgan fingerprint density at radius 2 is 2.00 bits per heavy atom. The fourth-order valence-electron chi connectivity index (χ4n) is 2.24. The molecule has 0 saturated carbocycles. The number of benzene rings is 1. The molecule has 1 aliphatic heterocycles. The van der Waals surface area contributed by atoms with E-state index in [9.17, 15) is 4.39 Å². The molecule has 21 heavy (non-hydrogen) atoms. The molecule has 1 aromatic carbocycles. The number of hydrogen-bond acceptors (Lipinski definition) is 5. The molecule has 0 atom stereocenters. The molecule has 1 aromatic heterocycles. The molecule has 5 nitrogen and oxygen atoms in total. The van der Waals surface area contributed by atoms with Gasteiger partial charge in [0.1, 0.15) is 11.6 Å². The highest BCUT2D eigenvalue weighted by molar-refractivity contribution is 5.45. The lowest BCUT2D eigenvalue weighted by Gasteiger charge is -2.39. The first-order valence-corrected chi connectivity index (χ1v) is 6.98. The Kier molecular flexibility index (Phi) is 3.96. The molecular weight excluding hydrogens is 269 g/mol. The summed E-state index contributed by atoms with van der Waals surface area (Å²) in [6, 6.07) is 8.85. The predicted molar refractivity (Wildman–Crippen MR) is 80.8 cm³/mol. The van der Waals surface area contributed by atoms with E-state index in [1.807, 2.05) is 13.1 Å². The fraction of sp³-hybridized carbons (Fsp3) is 0.333. The van der Waals surface area contributed by atoms with Crippen LogP contribution in [-0.4, -0.2) is 36.1 Å². The van der Waals surface area contributed by atoms with E-state index >= 15 is 0 Å². The van der Waals surface area contributed by atoms with E-state index in [-0.39, 0.29) is 5.82 Å². The Balaban J connectivity index is 1.60. The van der Waals surface area contributed by atoms with Crippen molar-refractivity contribution in [1.82, 2.24) is 15.3 Å². The van der Waals surface area contributed by atoms with Gasteiger partial charge in [0.15, 0.2) is 0 Å². The molecule has 0 spiro atoms. The van der Waals surface area contributed by atoms with E-state index in [1.165, 1.54) is 12.1 Å². The molecule has 0 aliphatic carbocycles. The van der Waals surface area contributed by atoms with Gasteiger partial charge in [-0.3, -0.25) is 0 Å². The van der Waals surface area contributed by atoms with Crippen molar-refractivity contribution in [2.75, 3.05) is 30.4 Å². The van der Waals surface area contributed by atoms with Crippen LogP contribution < -0.4 is 15.5 Å². The molecule has 2 aromatic rings. The van der Waals surface area contributed by atoms with Crippen molar-refractivity contribution in [1.29, 1.82) is 0 Å². The third kappa shape index (κ3) is 3.28. The quantitative estimate of drug-likeness (QED) is 0.875. The SMILES string of the molecule is CNC1CN(c2ccnc(NCc3ccc(F)cc3)n2)C1. The van der Waals surface area contributed by atoms with E-state index < -0.39 is 0 Å². The summed E-state index contributed by atoms with van der Waals surface area (Å²) >= 11 is 0. The second-order valence-electron chi connectivity index (χ2n) is 5.11. The number of aromatic nitrogens is 2. The Bertz CT molecular complexity index is 595. The molecule has 0 unspecified atom stereocenters. The van der Waals surface area contributed by atoms with Crippen molar-refractivity contribution in [3.8, 4) is 0 Å². The van der Waals surface area contributed by atoms with Gasteiger partial charge in [-0.1, -0.05) is 12.1 Å². The van der Waals surface area contributed by atoms with Crippen LogP contribution in [0.5, 0.6) is 0 Å². The Morgan fingerprint density at radius 3 is 2.71 bits per heavy atom. The van der Waals surface area contributed by atoms with Crippen LogP contribution in [0.25, 0.3) is 0 Å². The molecule has 2 heterocycles. The van der Waals surface area contributed by atoms with Gasteiger partial charge in [0.2, 0.25) is 5.95 Å². The predicted octanol–water partition coefficient (Wildman–Crippen LogP) is 1.64. The maximum Gasteiger partial charge on any atom is 0.224 e. The van der Waals surface area contributed by atoms with Gasteiger partial charge in [0.05, 0.1) is 0 Å². The fourth-order valence-corrected chi connectivity index (χ4v) is 2.24. The molecule has 0 bridgehead atoms. The second-order valence-corrected chi connectivity index (χ2v) is 5.11. The van der Waals surface area contributed by atoms with Crippen molar-refractivity contribution < 1.29 is 4.39 Å². The van der Waals surface area contributed by atoms with E-state index in [4.69, 9.17) is 0 Å². The second kappa shape index (κ2) is 6.05. The van der Waals surface area contributed by atoms with Gasteiger partial charge < -0.3 is 15.5 Å². The summed E-state index contributed by atoms with van der Waals surface area (Å²) in [5.41, 5.74) is 0.990. The van der Waals surface area contributed by atoms with Gasteiger partial charge in [-0.15, -0.1) is 0 Å². The lowest BCUT2D eigenvalue weighted by Crippen LogP contribution is -2.57. The summed E-state index contributed by atoms with van der Waals surface area (Å²) in [4.78, 5) is 10.9. The number of nitrogens with zero attached hydrogens (tertiary/aromatic N) is 3. The first-order valence-electron chi connectivity index (χ1n) is 6.98. The van der Waals surface area contributed by atoms with Gasteiger partial charge >= 0.3 is 0 Å². The molecule has 110 valence electrons. The summed E-state index contributed by atoms with van der Waals surface area (Å²) in [5.74, 6) is 1.29. The minimum absolute atomic E-state index is 0.228. The number of anilines is 2. The standard InChI is InChI=1S/C15H18FN5/c1-17-13-9-21(10-13)14-6-7-18-15(20-14)19-8-11-2-4-12(16)5-3-11/h2-7,13,17H,8-10H2,1H3,(H,18,19,20). The zero-order valence-electron chi connectivity index (χ0n) is 11.9. The van der Waals surface area contributed by atoms with Gasteiger partial charge in [0, 0.05) is 31.9 Å². The smallest absolute Gasteiger partial charge is 0.224 e. The molecule has 0 amide bonds. The van der Waals surface area contributed by atoms with Crippen LogP contribution in [0.3, 0.4) is 0 Å². The lowest BCUT2D eigenvalue weighted by atomic mass is 10.1. The van der Waals surface area contributed by atoms with Gasteiger partial charge in [-0.05, 0) is 30.8 Å². The summed E-state index contributed by atoms with van der Waals surface area (Å²) in [7, 11) is 1.97. The topological polar surface area (TPSA) is 53.1 Å². The molecule has 1 aliphatic rings. The van der Waals surface area contributed by atoms with Crippen LogP contribution in [0.4, 0.5) is 16.2 Å². The highest BCUT2D eigenvalue weighted by Gasteiger charge is 2.26. The lowest BCUT2D eigenvalue weighted by molar-refractivity contribution is 0.447. The highest BCUT2D eigenvalue weighted by Crippen LogP contribution is 2.19. The third-order valence-corrected chi connectivity index (χ3v) is 3.62. The number of hydrogen-bond donors (Lipinski definition) is 2. The maximum absolute atomic E-state index is 12.8. The average molecular weight is 287 g/mol. The van der Waals surface area contributed by atoms with Crippen molar-refractivity contribution in [2.45, 2.75) is 12.6 Å². The first-order chi connectivity index (χ1) is 10.2. The normalized spacial score (nSPS) is 14.9. The van der Waals surface area contributed by atoms with E-state index in [2.05, 4.69) is 25.5 Å². The summed E-state index contributed by atoms with van der Waals surface area (Å²) < 4.78 is 12.8. The summed E-state index contributed by atoms with van der Waals surface area (Å²) in [6.45, 7) is 2.50. The first kappa shape index (κ1) is 13.8. The number of likely N-dealkylation sites (N-methyl/N-ethyl adjacent to an activating group) is 1. The average Bonchev–Trinajstić information content (AvgIpc) is 2.46. The van der Waals surface area contributed by atoms with Crippen LogP contribution in [0.15, 0.2) is 36.5 Å². The Labute approximate surface area is 123 Å². The number of halogens is 1. The Morgan fingerprint density at radius 1 is 1.24 bits per heavy atom. The summed E-state index contributed by atoms with van der Waals surface area (Å²) in [5, 5.41) is 6.40. The molecule has 3 rings (SSSR count). The van der Waals surface area contributed by atoms with Crippen LogP contribution in [0.2, 0.25) is 0 Å². The maximum atomic E-state index is 12.8. The molecule has 6 heteroatoms. The largest absolute Gasteiger partial charge is 0.353 e. The summed E-state index contributed by atoms with van der Waals surface area (Å²) in [6.07, 6.45) is 1.75. The monoisotopic (exact) mass is 287 g/mol. The zero-order chi connectivity index (χ0) is 14.7. The van der Waals surface area contributed by atoms with Crippen LogP contribution in [0, 0.1) is 5.82 Å². The van der Waals surface area contributed by atoms with Crippen molar-refractivity contribution >= 4 is 11.8 Å². The minimum Gasteiger partial charge on any atom is -0.353 e. The van der Waals surface area contributed by atoms with Crippen LogP contribution in [-0.2, 0) is 6.54 Å². The number of rotatable bonds is 5. The van der Waals surface area contributed by atoms with Gasteiger partial charge in [0.25, 0.3) is 0 Å². The third-order valence-electron chi connectivity index (χ3n) is 3.62. The molecule has 0 radical (unpaired) electrons. The van der Waals surface area contributed by atoms with E-state index in [0.29, 0.717) is 18.5 Å². The molecule has 1 fully saturated rings. The van der Waals surface area contributed by atoms with Crippen LogP contribution >= 0.6 is 0 Å².